The largest absolute Gasteiger partial charge is 0.354 e. The van der Waals surface area contributed by atoms with E-state index in [0.717, 1.165) is 40.5 Å². The minimum absolute atomic E-state index is 0.00808. The molecule has 1 unspecified atom stereocenters. The molecule has 5 rings (SSSR count). The second-order valence-corrected chi connectivity index (χ2v) is 11.3. The van der Waals surface area contributed by atoms with E-state index < -0.39 is 0 Å². The molecule has 2 aliphatic rings. The molecule has 2 amide bonds. The van der Waals surface area contributed by atoms with Gasteiger partial charge in [0.15, 0.2) is 0 Å². The van der Waals surface area contributed by atoms with E-state index in [9.17, 15) is 9.59 Å². The Labute approximate surface area is 219 Å². The van der Waals surface area contributed by atoms with Gasteiger partial charge in [-0.2, -0.15) is 0 Å². The molecule has 0 aliphatic carbocycles. The minimum atomic E-state index is -0.235. The highest BCUT2D eigenvalue weighted by atomic mass is 35.5. The molecule has 1 atom stereocenters. The highest BCUT2D eigenvalue weighted by Crippen LogP contribution is 2.39. The molecule has 35 heavy (non-hydrogen) atoms. The van der Waals surface area contributed by atoms with Gasteiger partial charge < -0.3 is 10.2 Å². The average Bonchev–Trinajstić information content (AvgIpc) is 3.28. The number of nitrogens with one attached hydrogen (secondary N) is 2. The molecule has 2 heterocycles. The Bertz CT molecular complexity index is 1250. The molecule has 0 bridgehead atoms. The Morgan fingerprint density at radius 3 is 2.63 bits per heavy atom. The highest BCUT2D eigenvalue weighted by molar-refractivity contribution is 8.01. The average molecular weight is 529 g/mol. The summed E-state index contributed by atoms with van der Waals surface area (Å²) in [4.78, 5) is 27.8. The Kier molecular flexibility index (Phi) is 7.26. The van der Waals surface area contributed by atoms with E-state index in [2.05, 4.69) is 10.6 Å². The van der Waals surface area contributed by atoms with Gasteiger partial charge in [0.1, 0.15) is 0 Å². The molecule has 3 aromatic rings. The molecule has 2 fully saturated rings. The number of hydrogen-bond donors (Lipinski definition) is 2. The number of benzene rings is 3. The number of rotatable bonds is 5. The molecule has 1 spiro atoms. The summed E-state index contributed by atoms with van der Waals surface area (Å²) in [6.07, 6.45) is 2.29. The van der Waals surface area contributed by atoms with Crippen LogP contribution < -0.4 is 10.6 Å². The van der Waals surface area contributed by atoms with Crippen molar-refractivity contribution in [1.82, 2.24) is 15.5 Å². The molecule has 2 aliphatic heterocycles. The summed E-state index contributed by atoms with van der Waals surface area (Å²) in [5, 5.41) is 9.89. The smallest absolute Gasteiger partial charge is 0.254 e. The number of thioether (sulfide) groups is 1. The van der Waals surface area contributed by atoms with Crippen LogP contribution in [-0.4, -0.2) is 53.0 Å². The molecule has 0 aromatic heterocycles. The standard InChI is InChI=1S/C27H27Cl2N3O2S/c28-20-9-8-19(23(29)16-20)10-13-30-25(33)24-17-35-27(31-24)11-14-32(15-12-27)26(34)22-7-3-5-18-4-1-2-6-21(18)22/h1-9,16,24,31H,10-15,17H2,(H,30,33). The fraction of sp³-hybridized carbons (Fsp3) is 0.333. The number of piperidine rings is 1. The first-order chi connectivity index (χ1) is 16.9. The van der Waals surface area contributed by atoms with Crippen molar-refractivity contribution in [1.29, 1.82) is 0 Å². The lowest BCUT2D eigenvalue weighted by molar-refractivity contribution is -0.122. The molecule has 182 valence electrons. The van der Waals surface area contributed by atoms with Crippen LogP contribution in [0, 0.1) is 0 Å². The van der Waals surface area contributed by atoms with E-state index in [-0.39, 0.29) is 22.7 Å². The molecule has 5 nitrogen and oxygen atoms in total. The third-order valence-electron chi connectivity index (χ3n) is 6.87. The number of nitrogens with zero attached hydrogens (tertiary/aromatic N) is 1. The van der Waals surface area contributed by atoms with E-state index in [1.165, 1.54) is 0 Å². The van der Waals surface area contributed by atoms with Crippen LogP contribution in [-0.2, 0) is 11.2 Å². The van der Waals surface area contributed by atoms with Crippen molar-refractivity contribution in [3.63, 3.8) is 0 Å². The summed E-state index contributed by atoms with van der Waals surface area (Å²) in [6.45, 7) is 1.86. The van der Waals surface area contributed by atoms with E-state index in [4.69, 9.17) is 23.2 Å². The Morgan fingerprint density at radius 2 is 1.83 bits per heavy atom. The van der Waals surface area contributed by atoms with Crippen molar-refractivity contribution in [2.24, 2.45) is 0 Å². The van der Waals surface area contributed by atoms with Crippen molar-refractivity contribution < 1.29 is 9.59 Å². The lowest BCUT2D eigenvalue weighted by atomic mass is 10.00. The maximum Gasteiger partial charge on any atom is 0.254 e. The summed E-state index contributed by atoms with van der Waals surface area (Å²) >= 11 is 14.0. The minimum Gasteiger partial charge on any atom is -0.354 e. The Hall–Kier alpha value is -2.25. The number of halogens is 2. The van der Waals surface area contributed by atoms with E-state index >= 15 is 0 Å². The normalized spacial score (nSPS) is 19.3. The first kappa shape index (κ1) is 24.4. The quantitative estimate of drug-likeness (QED) is 0.482. The summed E-state index contributed by atoms with van der Waals surface area (Å²) in [6, 6.07) is 19.1. The number of carbonyl (C=O) groups excluding carboxylic acids is 2. The van der Waals surface area contributed by atoms with Crippen molar-refractivity contribution >= 4 is 57.6 Å². The number of fused-ring (bicyclic) bond motifs is 1. The summed E-state index contributed by atoms with van der Waals surface area (Å²) < 4.78 is 0. The van der Waals surface area contributed by atoms with Gasteiger partial charge in [0.05, 0.1) is 10.9 Å². The zero-order chi connectivity index (χ0) is 24.4. The van der Waals surface area contributed by atoms with Crippen molar-refractivity contribution in [3.05, 3.63) is 81.8 Å². The van der Waals surface area contributed by atoms with Crippen LogP contribution in [0.1, 0.15) is 28.8 Å². The maximum atomic E-state index is 13.3. The SMILES string of the molecule is O=C(NCCc1ccc(Cl)cc1Cl)C1CSC2(CCN(C(=O)c3cccc4ccccc34)CC2)N1. The number of amides is 2. The third-order valence-corrected chi connectivity index (χ3v) is 9.03. The monoisotopic (exact) mass is 527 g/mol. The predicted molar refractivity (Wildman–Crippen MR) is 144 cm³/mol. The van der Waals surface area contributed by atoms with Gasteiger partial charge in [0, 0.05) is 41.0 Å². The zero-order valence-electron chi connectivity index (χ0n) is 19.2. The van der Waals surface area contributed by atoms with Gasteiger partial charge >= 0.3 is 0 Å². The predicted octanol–water partition coefficient (Wildman–Crippen LogP) is 5.14. The van der Waals surface area contributed by atoms with Gasteiger partial charge in [0.2, 0.25) is 5.91 Å². The lowest BCUT2D eigenvalue weighted by Crippen LogP contribution is -2.54. The van der Waals surface area contributed by atoms with E-state index in [1.807, 2.05) is 53.4 Å². The first-order valence-electron chi connectivity index (χ1n) is 11.8. The fourth-order valence-electron chi connectivity index (χ4n) is 4.89. The van der Waals surface area contributed by atoms with Gasteiger partial charge in [-0.25, -0.2) is 0 Å². The summed E-state index contributed by atoms with van der Waals surface area (Å²) in [7, 11) is 0. The third kappa shape index (κ3) is 5.31. The van der Waals surface area contributed by atoms with E-state index in [1.54, 1.807) is 23.9 Å². The molecular formula is C27H27Cl2N3O2S. The number of hydrogen-bond acceptors (Lipinski definition) is 4. The molecule has 3 aromatic carbocycles. The van der Waals surface area contributed by atoms with Crippen molar-refractivity contribution in [2.45, 2.75) is 30.2 Å². The van der Waals surface area contributed by atoms with Gasteiger partial charge in [-0.05, 0) is 53.8 Å². The molecular weight excluding hydrogens is 501 g/mol. The van der Waals surface area contributed by atoms with E-state index in [0.29, 0.717) is 36.1 Å². The number of likely N-dealkylation sites (tertiary alicyclic amines) is 1. The maximum absolute atomic E-state index is 13.3. The summed E-state index contributed by atoms with van der Waals surface area (Å²) in [5.41, 5.74) is 1.72. The topological polar surface area (TPSA) is 61.4 Å². The molecule has 0 saturated carbocycles. The van der Waals surface area contributed by atoms with Crippen molar-refractivity contribution in [2.75, 3.05) is 25.4 Å². The van der Waals surface area contributed by atoms with Crippen molar-refractivity contribution in [3.8, 4) is 0 Å². The zero-order valence-corrected chi connectivity index (χ0v) is 21.6. The van der Waals surface area contributed by atoms with Gasteiger partial charge in [0.25, 0.3) is 5.91 Å². The van der Waals surface area contributed by atoms with Crippen LogP contribution in [0.5, 0.6) is 0 Å². The van der Waals surface area contributed by atoms with Crippen LogP contribution in [0.2, 0.25) is 10.0 Å². The highest BCUT2D eigenvalue weighted by Gasteiger charge is 2.44. The van der Waals surface area contributed by atoms with Gasteiger partial charge in [-0.1, -0.05) is 65.7 Å². The lowest BCUT2D eigenvalue weighted by Gasteiger charge is -2.39. The molecule has 2 saturated heterocycles. The number of carbonyl (C=O) groups is 2. The van der Waals surface area contributed by atoms with Gasteiger partial charge in [-0.15, -0.1) is 11.8 Å². The van der Waals surface area contributed by atoms with Crippen LogP contribution in [0.4, 0.5) is 0 Å². The second kappa shape index (κ2) is 10.4. The van der Waals surface area contributed by atoms with Crippen LogP contribution >= 0.6 is 35.0 Å². The molecule has 8 heteroatoms. The molecule has 0 radical (unpaired) electrons. The molecule has 2 N–H and O–H groups in total. The van der Waals surface area contributed by atoms with Gasteiger partial charge in [-0.3, -0.25) is 14.9 Å². The summed E-state index contributed by atoms with van der Waals surface area (Å²) in [5.74, 6) is 0.814. The van der Waals surface area contributed by atoms with Crippen LogP contribution in [0.15, 0.2) is 60.7 Å². The fourth-order valence-corrected chi connectivity index (χ4v) is 6.82. The second-order valence-electron chi connectivity index (χ2n) is 9.10. The Morgan fingerprint density at radius 1 is 1.06 bits per heavy atom. The Balaban J connectivity index is 1.14. The van der Waals surface area contributed by atoms with Crippen LogP contribution in [0.3, 0.4) is 0 Å². The van der Waals surface area contributed by atoms with Crippen LogP contribution in [0.25, 0.3) is 10.8 Å². The first-order valence-corrected chi connectivity index (χ1v) is 13.6.